The molecule has 3 aromatic rings. The summed E-state index contributed by atoms with van der Waals surface area (Å²) in [7, 11) is 0. The molecule has 0 unspecified atom stereocenters. The summed E-state index contributed by atoms with van der Waals surface area (Å²) < 4.78 is 5.42. The van der Waals surface area contributed by atoms with Crippen LogP contribution in [-0.2, 0) is 4.74 Å². The number of hydrogen-bond donors (Lipinski definition) is 1. The van der Waals surface area contributed by atoms with Gasteiger partial charge in [0.2, 0.25) is 0 Å². The lowest BCUT2D eigenvalue weighted by Gasteiger charge is -2.28. The number of hydrogen-bond acceptors (Lipinski definition) is 6. The summed E-state index contributed by atoms with van der Waals surface area (Å²) in [6.07, 6.45) is 0. The number of carbonyl (C=O) groups excluding carboxylic acids is 1. The molecular formula is C22H19N5O2. The summed E-state index contributed by atoms with van der Waals surface area (Å²) in [4.78, 5) is 24.2. The molecule has 0 saturated carbocycles. The van der Waals surface area contributed by atoms with Crippen molar-refractivity contribution >= 4 is 17.4 Å². The second-order valence-electron chi connectivity index (χ2n) is 6.55. The molecule has 1 aliphatic rings. The van der Waals surface area contributed by atoms with E-state index in [2.05, 4.69) is 26.3 Å². The van der Waals surface area contributed by atoms with Gasteiger partial charge in [0.05, 0.1) is 24.8 Å². The second-order valence-corrected chi connectivity index (χ2v) is 6.55. The van der Waals surface area contributed by atoms with E-state index in [1.54, 1.807) is 30.3 Å². The molecule has 144 valence electrons. The summed E-state index contributed by atoms with van der Waals surface area (Å²) in [6.45, 7) is 2.65. The van der Waals surface area contributed by atoms with Crippen LogP contribution in [0.15, 0.2) is 60.7 Å². The molecule has 7 nitrogen and oxygen atoms in total. The van der Waals surface area contributed by atoms with Crippen molar-refractivity contribution in [2.24, 2.45) is 0 Å². The van der Waals surface area contributed by atoms with Gasteiger partial charge in [0, 0.05) is 30.4 Å². The molecule has 2 aromatic carbocycles. The Kier molecular flexibility index (Phi) is 5.45. The van der Waals surface area contributed by atoms with E-state index in [9.17, 15) is 4.79 Å². The molecule has 0 atom stereocenters. The third kappa shape index (κ3) is 4.39. The standard InChI is InChI=1S/C22H19N5O2/c23-15-16-5-4-8-18(13-16)24-22(28)19-14-20(27-9-11-29-12-10-27)26-21(25-19)17-6-2-1-3-7-17/h1-8,13-14H,9-12H2,(H,24,28). The Morgan fingerprint density at radius 3 is 2.59 bits per heavy atom. The van der Waals surface area contributed by atoms with E-state index in [1.165, 1.54) is 0 Å². The van der Waals surface area contributed by atoms with Crippen LogP contribution in [0.1, 0.15) is 16.1 Å². The van der Waals surface area contributed by atoms with Gasteiger partial charge in [-0.25, -0.2) is 9.97 Å². The van der Waals surface area contributed by atoms with Gasteiger partial charge in [0.25, 0.3) is 5.91 Å². The van der Waals surface area contributed by atoms with Crippen LogP contribution in [0.5, 0.6) is 0 Å². The van der Waals surface area contributed by atoms with E-state index in [1.807, 2.05) is 30.3 Å². The third-order valence-corrected chi connectivity index (χ3v) is 4.56. The smallest absolute Gasteiger partial charge is 0.274 e. The van der Waals surface area contributed by atoms with Crippen molar-refractivity contribution in [3.63, 3.8) is 0 Å². The van der Waals surface area contributed by atoms with Crippen LogP contribution in [0.4, 0.5) is 11.5 Å². The molecule has 1 aromatic heterocycles. The maximum absolute atomic E-state index is 12.9. The predicted molar refractivity (Wildman–Crippen MR) is 110 cm³/mol. The lowest BCUT2D eigenvalue weighted by atomic mass is 10.2. The van der Waals surface area contributed by atoms with Crippen LogP contribution in [0.3, 0.4) is 0 Å². The van der Waals surface area contributed by atoms with Gasteiger partial charge >= 0.3 is 0 Å². The van der Waals surface area contributed by atoms with E-state index in [0.717, 1.165) is 5.56 Å². The van der Waals surface area contributed by atoms with Gasteiger partial charge in [-0.2, -0.15) is 5.26 Å². The lowest BCUT2D eigenvalue weighted by Crippen LogP contribution is -2.37. The molecule has 1 N–H and O–H groups in total. The highest BCUT2D eigenvalue weighted by Crippen LogP contribution is 2.22. The summed E-state index contributed by atoms with van der Waals surface area (Å²) in [6, 6.07) is 20.1. The zero-order valence-corrected chi connectivity index (χ0v) is 15.7. The minimum atomic E-state index is -0.353. The number of morpholine rings is 1. The number of anilines is 2. The average Bonchev–Trinajstić information content (AvgIpc) is 2.80. The number of ether oxygens (including phenoxy) is 1. The summed E-state index contributed by atoms with van der Waals surface area (Å²) in [5, 5.41) is 11.9. The number of amides is 1. The van der Waals surface area contributed by atoms with Crippen LogP contribution in [0.25, 0.3) is 11.4 Å². The van der Waals surface area contributed by atoms with E-state index in [-0.39, 0.29) is 11.6 Å². The number of aromatic nitrogens is 2. The first-order chi connectivity index (χ1) is 14.2. The monoisotopic (exact) mass is 385 g/mol. The van der Waals surface area contributed by atoms with E-state index in [4.69, 9.17) is 10.00 Å². The Morgan fingerprint density at radius 1 is 1.03 bits per heavy atom. The van der Waals surface area contributed by atoms with Crippen molar-refractivity contribution in [1.29, 1.82) is 5.26 Å². The molecule has 0 spiro atoms. The van der Waals surface area contributed by atoms with Crippen molar-refractivity contribution in [3.8, 4) is 17.5 Å². The number of rotatable bonds is 4. The predicted octanol–water partition coefficient (Wildman–Crippen LogP) is 3.10. The molecule has 1 amide bonds. The van der Waals surface area contributed by atoms with Crippen LogP contribution in [-0.4, -0.2) is 42.2 Å². The van der Waals surface area contributed by atoms with Gasteiger partial charge < -0.3 is 15.0 Å². The maximum Gasteiger partial charge on any atom is 0.274 e. The fourth-order valence-electron chi connectivity index (χ4n) is 3.08. The Hall–Kier alpha value is -3.76. The molecule has 0 bridgehead atoms. The number of nitriles is 1. The zero-order valence-electron chi connectivity index (χ0n) is 15.7. The van der Waals surface area contributed by atoms with Crippen LogP contribution in [0, 0.1) is 11.3 Å². The Morgan fingerprint density at radius 2 is 1.83 bits per heavy atom. The van der Waals surface area contributed by atoms with Crippen LogP contribution in [0.2, 0.25) is 0 Å². The molecule has 0 aliphatic carbocycles. The zero-order chi connectivity index (χ0) is 20.1. The second kappa shape index (κ2) is 8.50. The van der Waals surface area contributed by atoms with Crippen molar-refractivity contribution in [3.05, 3.63) is 71.9 Å². The maximum atomic E-state index is 12.9. The van der Waals surface area contributed by atoms with Crippen LogP contribution >= 0.6 is 0 Å². The van der Waals surface area contributed by atoms with Crippen molar-refractivity contribution in [1.82, 2.24) is 9.97 Å². The number of nitrogens with one attached hydrogen (secondary N) is 1. The van der Waals surface area contributed by atoms with Gasteiger partial charge in [-0.15, -0.1) is 0 Å². The highest BCUT2D eigenvalue weighted by molar-refractivity contribution is 6.03. The first kappa shape index (κ1) is 18.6. The van der Waals surface area contributed by atoms with E-state index in [0.29, 0.717) is 49.2 Å². The van der Waals surface area contributed by atoms with Crippen molar-refractivity contribution in [2.45, 2.75) is 0 Å². The Balaban J connectivity index is 1.69. The minimum absolute atomic E-state index is 0.266. The molecule has 0 radical (unpaired) electrons. The van der Waals surface area contributed by atoms with E-state index < -0.39 is 0 Å². The van der Waals surface area contributed by atoms with Crippen molar-refractivity contribution < 1.29 is 9.53 Å². The van der Waals surface area contributed by atoms with E-state index >= 15 is 0 Å². The fourth-order valence-corrected chi connectivity index (χ4v) is 3.08. The molecular weight excluding hydrogens is 366 g/mol. The van der Waals surface area contributed by atoms with Crippen LogP contribution < -0.4 is 10.2 Å². The molecule has 2 heterocycles. The summed E-state index contributed by atoms with van der Waals surface area (Å²) in [5.41, 5.74) is 2.12. The lowest BCUT2D eigenvalue weighted by molar-refractivity contribution is 0.102. The average molecular weight is 385 g/mol. The normalized spacial score (nSPS) is 13.6. The Bertz CT molecular complexity index is 1060. The van der Waals surface area contributed by atoms with Gasteiger partial charge in [0.15, 0.2) is 5.82 Å². The quantitative estimate of drug-likeness (QED) is 0.742. The third-order valence-electron chi connectivity index (χ3n) is 4.56. The van der Waals surface area contributed by atoms with Gasteiger partial charge in [-0.05, 0) is 18.2 Å². The van der Waals surface area contributed by atoms with Gasteiger partial charge in [0.1, 0.15) is 11.5 Å². The highest BCUT2D eigenvalue weighted by atomic mass is 16.5. The largest absolute Gasteiger partial charge is 0.378 e. The van der Waals surface area contributed by atoms with Gasteiger partial charge in [-0.3, -0.25) is 4.79 Å². The highest BCUT2D eigenvalue weighted by Gasteiger charge is 2.18. The fraction of sp³-hybridized carbons (Fsp3) is 0.182. The summed E-state index contributed by atoms with van der Waals surface area (Å²) in [5.74, 6) is 0.831. The molecule has 4 rings (SSSR count). The van der Waals surface area contributed by atoms with Crippen molar-refractivity contribution in [2.75, 3.05) is 36.5 Å². The molecule has 1 fully saturated rings. The summed E-state index contributed by atoms with van der Waals surface area (Å²) >= 11 is 0. The molecule has 1 saturated heterocycles. The van der Waals surface area contributed by atoms with Gasteiger partial charge in [-0.1, -0.05) is 36.4 Å². The SMILES string of the molecule is N#Cc1cccc(NC(=O)c2cc(N3CCOCC3)nc(-c3ccccc3)n2)c1. The molecule has 29 heavy (non-hydrogen) atoms. The first-order valence-corrected chi connectivity index (χ1v) is 9.31. The minimum Gasteiger partial charge on any atom is -0.378 e. The molecule has 1 aliphatic heterocycles. The topological polar surface area (TPSA) is 91.1 Å². The Labute approximate surface area is 168 Å². The number of nitrogens with zero attached hydrogens (tertiary/aromatic N) is 4. The number of carbonyl (C=O) groups is 1. The first-order valence-electron chi connectivity index (χ1n) is 9.31. The number of benzene rings is 2. The molecule has 7 heteroatoms.